The van der Waals surface area contributed by atoms with E-state index in [9.17, 15) is 0 Å². The molecule has 1 heteroatoms. The summed E-state index contributed by atoms with van der Waals surface area (Å²) in [6.45, 7) is 1.79. The van der Waals surface area contributed by atoms with Crippen LogP contribution in [0, 0.1) is 5.92 Å². The van der Waals surface area contributed by atoms with Crippen LogP contribution < -0.4 is 0 Å². The van der Waals surface area contributed by atoms with Gasteiger partial charge in [-0.1, -0.05) is 24.3 Å². The van der Waals surface area contributed by atoms with E-state index >= 15 is 0 Å². The Hall–Kier alpha value is -0.560. The van der Waals surface area contributed by atoms with Crippen LogP contribution in [-0.4, -0.2) is 11.2 Å². The molecule has 2 atom stereocenters. The van der Waals surface area contributed by atoms with Crippen LogP contribution in [0.4, 0.5) is 0 Å². The highest BCUT2D eigenvalue weighted by molar-refractivity contribution is 4.99. The molecule has 0 saturated heterocycles. The Labute approximate surface area is 68.4 Å². The minimum absolute atomic E-state index is 0.291. The molecule has 0 bridgehead atoms. The van der Waals surface area contributed by atoms with E-state index in [4.69, 9.17) is 5.11 Å². The third-order valence-corrected chi connectivity index (χ3v) is 1.97. The van der Waals surface area contributed by atoms with E-state index in [1.165, 1.54) is 12.8 Å². The molecule has 1 nitrogen and oxygen atoms in total. The molecular formula is C10H16O. The van der Waals surface area contributed by atoms with Gasteiger partial charge in [-0.3, -0.25) is 0 Å². The molecule has 0 fully saturated rings. The van der Waals surface area contributed by atoms with E-state index in [0.29, 0.717) is 5.92 Å². The van der Waals surface area contributed by atoms with Gasteiger partial charge in [0.25, 0.3) is 0 Å². The van der Waals surface area contributed by atoms with E-state index in [2.05, 4.69) is 18.2 Å². The van der Waals surface area contributed by atoms with Crippen molar-refractivity contribution in [1.29, 1.82) is 0 Å². The SMILES string of the molecule is C[C@@H](O)/C=C/[C@H]1CC=CCC1. The predicted molar refractivity (Wildman–Crippen MR) is 47.3 cm³/mol. The molecule has 0 aromatic rings. The van der Waals surface area contributed by atoms with Crippen molar-refractivity contribution in [3.63, 3.8) is 0 Å². The Bertz CT molecular complexity index is 156. The zero-order valence-electron chi connectivity index (χ0n) is 7.03. The molecule has 1 N–H and O–H groups in total. The van der Waals surface area contributed by atoms with Crippen LogP contribution in [0.1, 0.15) is 26.2 Å². The van der Waals surface area contributed by atoms with Crippen LogP contribution in [-0.2, 0) is 0 Å². The van der Waals surface area contributed by atoms with Crippen molar-refractivity contribution in [3.8, 4) is 0 Å². The maximum Gasteiger partial charge on any atom is 0.0692 e. The Balaban J connectivity index is 2.31. The fourth-order valence-corrected chi connectivity index (χ4v) is 1.31. The molecule has 11 heavy (non-hydrogen) atoms. The van der Waals surface area contributed by atoms with Gasteiger partial charge in [-0.05, 0) is 32.1 Å². The van der Waals surface area contributed by atoms with E-state index < -0.39 is 0 Å². The fraction of sp³-hybridized carbons (Fsp3) is 0.600. The summed E-state index contributed by atoms with van der Waals surface area (Å²) < 4.78 is 0. The number of allylic oxidation sites excluding steroid dienone is 3. The molecule has 0 radical (unpaired) electrons. The second kappa shape index (κ2) is 4.35. The van der Waals surface area contributed by atoms with Crippen molar-refractivity contribution in [2.75, 3.05) is 0 Å². The van der Waals surface area contributed by atoms with Crippen LogP contribution in [0.5, 0.6) is 0 Å². The first kappa shape index (κ1) is 8.54. The number of aliphatic hydroxyl groups is 1. The van der Waals surface area contributed by atoms with Gasteiger partial charge in [0.15, 0.2) is 0 Å². The highest BCUT2D eigenvalue weighted by Crippen LogP contribution is 2.19. The second-order valence-corrected chi connectivity index (χ2v) is 3.17. The first-order valence-electron chi connectivity index (χ1n) is 4.30. The van der Waals surface area contributed by atoms with Crippen molar-refractivity contribution in [2.24, 2.45) is 5.92 Å². The number of rotatable bonds is 2. The third kappa shape index (κ3) is 3.38. The summed E-state index contributed by atoms with van der Waals surface area (Å²) in [6, 6.07) is 0. The standard InChI is InChI=1S/C10H16O/c1-9(11)7-8-10-5-3-2-4-6-10/h2-3,7-11H,4-6H2,1H3/b8-7+/t9-,10+/m1/s1. The topological polar surface area (TPSA) is 20.2 Å². The molecule has 0 amide bonds. The normalized spacial score (nSPS) is 27.6. The summed E-state index contributed by atoms with van der Waals surface area (Å²) >= 11 is 0. The van der Waals surface area contributed by atoms with Crippen molar-refractivity contribution in [1.82, 2.24) is 0 Å². The molecule has 1 aliphatic carbocycles. The Morgan fingerprint density at radius 3 is 2.91 bits per heavy atom. The zero-order valence-corrected chi connectivity index (χ0v) is 7.03. The maximum atomic E-state index is 8.98. The first-order valence-corrected chi connectivity index (χ1v) is 4.30. The molecule has 0 aromatic carbocycles. The van der Waals surface area contributed by atoms with Gasteiger partial charge >= 0.3 is 0 Å². The van der Waals surface area contributed by atoms with Gasteiger partial charge in [-0.25, -0.2) is 0 Å². The summed E-state index contributed by atoms with van der Waals surface area (Å²) in [5.74, 6) is 0.662. The Kier molecular flexibility index (Phi) is 3.37. The number of hydrogen-bond acceptors (Lipinski definition) is 1. The van der Waals surface area contributed by atoms with E-state index in [1.54, 1.807) is 6.92 Å². The molecule has 1 rings (SSSR count). The van der Waals surface area contributed by atoms with Crippen molar-refractivity contribution in [2.45, 2.75) is 32.3 Å². The van der Waals surface area contributed by atoms with Gasteiger partial charge in [-0.2, -0.15) is 0 Å². The molecule has 0 aromatic heterocycles. The van der Waals surface area contributed by atoms with E-state index in [1.807, 2.05) is 6.08 Å². The largest absolute Gasteiger partial charge is 0.389 e. The lowest BCUT2D eigenvalue weighted by molar-refractivity contribution is 0.243. The molecule has 0 spiro atoms. The monoisotopic (exact) mass is 152 g/mol. The van der Waals surface area contributed by atoms with Gasteiger partial charge in [-0.15, -0.1) is 0 Å². The summed E-state index contributed by atoms with van der Waals surface area (Å²) in [7, 11) is 0. The van der Waals surface area contributed by atoms with Crippen LogP contribution in [0.15, 0.2) is 24.3 Å². The summed E-state index contributed by atoms with van der Waals surface area (Å²) in [5.41, 5.74) is 0. The fourth-order valence-electron chi connectivity index (χ4n) is 1.31. The summed E-state index contributed by atoms with van der Waals surface area (Å²) in [6.07, 6.45) is 11.7. The molecular weight excluding hydrogens is 136 g/mol. The highest BCUT2D eigenvalue weighted by Gasteiger charge is 2.04. The molecule has 62 valence electrons. The maximum absolute atomic E-state index is 8.98. The molecule has 0 heterocycles. The minimum atomic E-state index is -0.291. The highest BCUT2D eigenvalue weighted by atomic mass is 16.3. The lowest BCUT2D eigenvalue weighted by Crippen LogP contribution is -2.00. The number of hydrogen-bond donors (Lipinski definition) is 1. The van der Waals surface area contributed by atoms with Crippen LogP contribution >= 0.6 is 0 Å². The van der Waals surface area contributed by atoms with Crippen molar-refractivity contribution < 1.29 is 5.11 Å². The Morgan fingerprint density at radius 2 is 2.36 bits per heavy atom. The summed E-state index contributed by atoms with van der Waals surface area (Å²) in [4.78, 5) is 0. The quantitative estimate of drug-likeness (QED) is 0.602. The average Bonchev–Trinajstić information content (AvgIpc) is 2.03. The smallest absolute Gasteiger partial charge is 0.0692 e. The van der Waals surface area contributed by atoms with Gasteiger partial charge in [0, 0.05) is 0 Å². The predicted octanol–water partition coefficient (Wildman–Crippen LogP) is 2.28. The first-order chi connectivity index (χ1) is 5.29. The third-order valence-electron chi connectivity index (χ3n) is 1.97. The number of aliphatic hydroxyl groups excluding tert-OH is 1. The van der Waals surface area contributed by atoms with Gasteiger partial charge in [0.05, 0.1) is 6.10 Å². The van der Waals surface area contributed by atoms with Crippen molar-refractivity contribution >= 4 is 0 Å². The summed E-state index contributed by atoms with van der Waals surface area (Å²) in [5, 5.41) is 8.98. The lowest BCUT2D eigenvalue weighted by atomic mass is 9.94. The van der Waals surface area contributed by atoms with Gasteiger partial charge in [0.1, 0.15) is 0 Å². The minimum Gasteiger partial charge on any atom is -0.389 e. The van der Waals surface area contributed by atoms with Crippen LogP contribution in [0.2, 0.25) is 0 Å². The van der Waals surface area contributed by atoms with E-state index in [-0.39, 0.29) is 6.10 Å². The Morgan fingerprint density at radius 1 is 1.55 bits per heavy atom. The van der Waals surface area contributed by atoms with Gasteiger partial charge in [0.2, 0.25) is 0 Å². The van der Waals surface area contributed by atoms with Crippen LogP contribution in [0.25, 0.3) is 0 Å². The average molecular weight is 152 g/mol. The zero-order chi connectivity index (χ0) is 8.10. The van der Waals surface area contributed by atoms with Crippen molar-refractivity contribution in [3.05, 3.63) is 24.3 Å². The molecule has 0 aliphatic heterocycles. The van der Waals surface area contributed by atoms with E-state index in [0.717, 1.165) is 6.42 Å². The second-order valence-electron chi connectivity index (χ2n) is 3.17. The van der Waals surface area contributed by atoms with Gasteiger partial charge < -0.3 is 5.11 Å². The molecule has 0 unspecified atom stereocenters. The van der Waals surface area contributed by atoms with Crippen LogP contribution in [0.3, 0.4) is 0 Å². The lowest BCUT2D eigenvalue weighted by Gasteiger charge is -2.12. The molecule has 0 saturated carbocycles. The molecule has 1 aliphatic rings.